The number of furan rings is 1. The van der Waals surface area contributed by atoms with Crippen LogP contribution in [0.3, 0.4) is 0 Å². The predicted octanol–water partition coefficient (Wildman–Crippen LogP) is 3.30. The summed E-state index contributed by atoms with van der Waals surface area (Å²) in [6.45, 7) is 3.66. The molecule has 0 radical (unpaired) electrons. The zero-order valence-electron chi connectivity index (χ0n) is 13.9. The fraction of sp³-hybridized carbons (Fsp3) is 0.421. The first-order chi connectivity index (χ1) is 11.7. The monoisotopic (exact) mass is 328 g/mol. The van der Waals surface area contributed by atoms with Crippen molar-refractivity contribution in [2.24, 2.45) is 5.92 Å². The zero-order valence-corrected chi connectivity index (χ0v) is 13.9. The van der Waals surface area contributed by atoms with E-state index in [1.165, 1.54) is 0 Å². The normalized spacial score (nSPS) is 16.8. The highest BCUT2D eigenvalue weighted by Crippen LogP contribution is 2.22. The molecule has 2 N–H and O–H groups in total. The lowest BCUT2D eigenvalue weighted by Crippen LogP contribution is -2.39. The molecule has 5 nitrogen and oxygen atoms in total. The molecule has 1 aromatic heterocycles. The fourth-order valence-corrected chi connectivity index (χ4v) is 3.10. The quantitative estimate of drug-likeness (QED) is 0.884. The Kier molecular flexibility index (Phi) is 5.20. The van der Waals surface area contributed by atoms with E-state index in [1.807, 2.05) is 48.2 Å². The summed E-state index contributed by atoms with van der Waals surface area (Å²) in [4.78, 5) is 14.6. The van der Waals surface area contributed by atoms with Gasteiger partial charge in [0.25, 0.3) is 5.91 Å². The van der Waals surface area contributed by atoms with Gasteiger partial charge in [-0.3, -0.25) is 4.79 Å². The average molecular weight is 328 g/mol. The molecule has 0 aliphatic carbocycles. The van der Waals surface area contributed by atoms with E-state index in [-0.39, 0.29) is 18.6 Å². The van der Waals surface area contributed by atoms with Gasteiger partial charge in [0.2, 0.25) is 0 Å². The first-order valence-electron chi connectivity index (χ1n) is 8.47. The summed E-state index contributed by atoms with van der Waals surface area (Å²) in [5, 5.41) is 12.6. The zero-order chi connectivity index (χ0) is 16.9. The summed E-state index contributed by atoms with van der Waals surface area (Å²) in [6.07, 6.45) is 3.40. The highest BCUT2D eigenvalue weighted by atomic mass is 16.3. The van der Waals surface area contributed by atoms with Crippen LogP contribution in [0.1, 0.15) is 41.9 Å². The Hall–Kier alpha value is -2.27. The van der Waals surface area contributed by atoms with Gasteiger partial charge in [0, 0.05) is 30.9 Å². The summed E-state index contributed by atoms with van der Waals surface area (Å²) in [6, 6.07) is 11.4. The predicted molar refractivity (Wildman–Crippen MR) is 92.9 cm³/mol. The highest BCUT2D eigenvalue weighted by molar-refractivity contribution is 5.95. The number of nitrogens with one attached hydrogen (secondary N) is 1. The molecule has 1 saturated heterocycles. The molecule has 5 heteroatoms. The van der Waals surface area contributed by atoms with Crippen LogP contribution in [0.15, 0.2) is 47.1 Å². The first kappa shape index (κ1) is 16.6. The summed E-state index contributed by atoms with van der Waals surface area (Å²) in [5.74, 6) is 1.25. The lowest BCUT2D eigenvalue weighted by Gasteiger charge is -2.31. The van der Waals surface area contributed by atoms with Gasteiger partial charge in [-0.25, -0.2) is 0 Å². The van der Waals surface area contributed by atoms with Crippen LogP contribution < -0.4 is 5.32 Å². The molecule has 1 aromatic carbocycles. The lowest BCUT2D eigenvalue weighted by atomic mass is 9.97. The highest BCUT2D eigenvalue weighted by Gasteiger charge is 2.23. The Morgan fingerprint density at radius 2 is 2.12 bits per heavy atom. The third kappa shape index (κ3) is 3.79. The minimum absolute atomic E-state index is 0.0330. The maximum absolute atomic E-state index is 12.7. The number of aliphatic hydroxyl groups excluding tert-OH is 1. The van der Waals surface area contributed by atoms with Crippen LogP contribution in [0.25, 0.3) is 0 Å². The molecule has 2 aromatic rings. The SMILES string of the molecule is CC(Nc1cccc(C(=O)N2CCC(CO)CC2)c1)c1ccco1. The number of piperidine rings is 1. The maximum Gasteiger partial charge on any atom is 0.253 e. The Labute approximate surface area is 142 Å². The molecule has 1 amide bonds. The Morgan fingerprint density at radius 1 is 1.33 bits per heavy atom. The van der Waals surface area contributed by atoms with Crippen LogP contribution >= 0.6 is 0 Å². The maximum atomic E-state index is 12.7. The van der Waals surface area contributed by atoms with Crippen LogP contribution in [0.4, 0.5) is 5.69 Å². The second-order valence-corrected chi connectivity index (χ2v) is 6.38. The fourth-order valence-electron chi connectivity index (χ4n) is 3.10. The van der Waals surface area contributed by atoms with Crippen LogP contribution in [0.2, 0.25) is 0 Å². The van der Waals surface area contributed by atoms with Gasteiger partial charge in [-0.2, -0.15) is 0 Å². The van der Waals surface area contributed by atoms with Gasteiger partial charge >= 0.3 is 0 Å². The molecule has 1 atom stereocenters. The van der Waals surface area contributed by atoms with Crippen LogP contribution in [-0.2, 0) is 0 Å². The number of carbonyl (C=O) groups is 1. The number of rotatable bonds is 5. The van der Waals surface area contributed by atoms with E-state index >= 15 is 0 Å². The van der Waals surface area contributed by atoms with Gasteiger partial charge in [-0.15, -0.1) is 0 Å². The molecule has 128 valence electrons. The Balaban J connectivity index is 1.65. The van der Waals surface area contributed by atoms with Crippen LogP contribution in [-0.4, -0.2) is 35.6 Å². The van der Waals surface area contributed by atoms with Gasteiger partial charge in [0.1, 0.15) is 5.76 Å². The summed E-state index contributed by atoms with van der Waals surface area (Å²) in [5.41, 5.74) is 1.59. The van der Waals surface area contributed by atoms with Gasteiger partial charge in [0.15, 0.2) is 0 Å². The number of benzene rings is 1. The minimum atomic E-state index is 0.0330. The van der Waals surface area contributed by atoms with Crippen molar-refractivity contribution in [3.8, 4) is 0 Å². The van der Waals surface area contributed by atoms with Crippen molar-refractivity contribution in [1.82, 2.24) is 4.90 Å². The first-order valence-corrected chi connectivity index (χ1v) is 8.47. The number of likely N-dealkylation sites (tertiary alicyclic amines) is 1. The largest absolute Gasteiger partial charge is 0.467 e. The molecule has 0 bridgehead atoms. The molecule has 1 aliphatic heterocycles. The van der Waals surface area contributed by atoms with E-state index in [2.05, 4.69) is 5.32 Å². The van der Waals surface area contributed by atoms with Crippen LogP contribution in [0, 0.1) is 5.92 Å². The summed E-state index contributed by atoms with van der Waals surface area (Å²) < 4.78 is 5.40. The second-order valence-electron chi connectivity index (χ2n) is 6.38. The van der Waals surface area contributed by atoms with E-state index in [4.69, 9.17) is 4.42 Å². The summed E-state index contributed by atoms with van der Waals surface area (Å²) in [7, 11) is 0. The topological polar surface area (TPSA) is 65.7 Å². The van der Waals surface area contributed by atoms with Crippen molar-refractivity contribution in [3.63, 3.8) is 0 Å². The molecule has 1 unspecified atom stereocenters. The Morgan fingerprint density at radius 3 is 2.79 bits per heavy atom. The number of hydrogen-bond acceptors (Lipinski definition) is 4. The summed E-state index contributed by atoms with van der Waals surface area (Å²) >= 11 is 0. The molecule has 0 spiro atoms. The number of carbonyl (C=O) groups excluding carboxylic acids is 1. The molecule has 24 heavy (non-hydrogen) atoms. The Bertz CT molecular complexity index is 661. The van der Waals surface area contributed by atoms with Gasteiger partial charge in [-0.1, -0.05) is 6.07 Å². The van der Waals surface area contributed by atoms with Crippen molar-refractivity contribution in [2.75, 3.05) is 25.0 Å². The van der Waals surface area contributed by atoms with E-state index in [0.717, 1.165) is 24.3 Å². The second kappa shape index (κ2) is 7.53. The molecule has 1 aliphatic rings. The molecular formula is C19H24N2O3. The van der Waals surface area contributed by atoms with Gasteiger partial charge in [0.05, 0.1) is 12.3 Å². The number of aliphatic hydroxyl groups is 1. The average Bonchev–Trinajstić information content (AvgIpc) is 3.16. The smallest absolute Gasteiger partial charge is 0.253 e. The molecule has 2 heterocycles. The van der Waals surface area contributed by atoms with Gasteiger partial charge in [-0.05, 0) is 56.0 Å². The van der Waals surface area contributed by atoms with Gasteiger partial charge < -0.3 is 19.7 Å². The third-order valence-electron chi connectivity index (χ3n) is 4.62. The number of anilines is 1. The molecule has 1 fully saturated rings. The minimum Gasteiger partial charge on any atom is -0.467 e. The molecule has 0 saturated carbocycles. The van der Waals surface area contributed by atoms with E-state index in [1.54, 1.807) is 6.26 Å². The number of nitrogens with zero attached hydrogens (tertiary/aromatic N) is 1. The van der Waals surface area contributed by atoms with E-state index in [0.29, 0.717) is 24.6 Å². The lowest BCUT2D eigenvalue weighted by molar-refractivity contribution is 0.0651. The number of amides is 1. The van der Waals surface area contributed by atoms with Crippen molar-refractivity contribution >= 4 is 11.6 Å². The van der Waals surface area contributed by atoms with Crippen molar-refractivity contribution in [2.45, 2.75) is 25.8 Å². The van der Waals surface area contributed by atoms with Crippen molar-refractivity contribution in [3.05, 3.63) is 54.0 Å². The van der Waals surface area contributed by atoms with Crippen molar-refractivity contribution < 1.29 is 14.3 Å². The standard InChI is InChI=1S/C19H24N2O3/c1-14(18-6-3-11-24-18)20-17-5-2-4-16(12-17)19(23)21-9-7-15(13-22)8-10-21/h2-6,11-12,14-15,20,22H,7-10,13H2,1H3. The van der Waals surface area contributed by atoms with E-state index < -0.39 is 0 Å². The van der Waals surface area contributed by atoms with E-state index in [9.17, 15) is 9.90 Å². The molecule has 3 rings (SSSR count). The number of hydrogen-bond donors (Lipinski definition) is 2. The van der Waals surface area contributed by atoms with Crippen molar-refractivity contribution in [1.29, 1.82) is 0 Å². The third-order valence-corrected chi connectivity index (χ3v) is 4.62. The molecular weight excluding hydrogens is 304 g/mol. The van der Waals surface area contributed by atoms with Crippen LogP contribution in [0.5, 0.6) is 0 Å².